The molecule has 0 spiro atoms. The number of carbonyl (C=O) groups excluding carboxylic acids is 2. The smallest absolute Gasteiger partial charge is 0.416 e. The summed E-state index contributed by atoms with van der Waals surface area (Å²) in [4.78, 5) is 24.9. The fourth-order valence-electron chi connectivity index (χ4n) is 2.57. The van der Waals surface area contributed by atoms with Gasteiger partial charge in [-0.25, -0.2) is 4.79 Å². The minimum Gasteiger partial charge on any atom is -0.493 e. The van der Waals surface area contributed by atoms with E-state index in [0.29, 0.717) is 11.8 Å². The molecule has 1 N–H and O–H groups in total. The van der Waals surface area contributed by atoms with Crippen LogP contribution in [-0.4, -0.2) is 39.3 Å². The van der Waals surface area contributed by atoms with Gasteiger partial charge in [0, 0.05) is 0 Å². The number of anilines is 1. The molecule has 0 aliphatic rings. The van der Waals surface area contributed by atoms with Gasteiger partial charge in [0.1, 0.15) is 5.56 Å². The standard InChI is InChI=1S/C20H19ClF3NO6/c1-10(18(26)25-14-9-11(20(22,23)24)5-7-13(14)21)31-19(27)12-6-8-15(28-2)17(30-4)16(12)29-3/h5-10H,1-4H3,(H,25,26)/t10-/m0/s1. The first-order valence-electron chi connectivity index (χ1n) is 8.71. The van der Waals surface area contributed by atoms with Crippen LogP contribution in [0.25, 0.3) is 0 Å². The maximum atomic E-state index is 12.9. The topological polar surface area (TPSA) is 83.1 Å². The van der Waals surface area contributed by atoms with Crippen LogP contribution in [0.3, 0.4) is 0 Å². The summed E-state index contributed by atoms with van der Waals surface area (Å²) >= 11 is 5.87. The zero-order valence-electron chi connectivity index (χ0n) is 16.9. The molecule has 2 aromatic carbocycles. The van der Waals surface area contributed by atoms with Crippen molar-refractivity contribution in [2.24, 2.45) is 0 Å². The van der Waals surface area contributed by atoms with Crippen LogP contribution in [-0.2, 0) is 15.7 Å². The number of esters is 1. The summed E-state index contributed by atoms with van der Waals surface area (Å²) in [7, 11) is 4.06. The van der Waals surface area contributed by atoms with Crippen LogP contribution < -0.4 is 19.5 Å². The Morgan fingerprint density at radius 1 is 1.00 bits per heavy atom. The van der Waals surface area contributed by atoms with Crippen molar-refractivity contribution in [1.29, 1.82) is 0 Å². The van der Waals surface area contributed by atoms with Gasteiger partial charge in [-0.15, -0.1) is 0 Å². The largest absolute Gasteiger partial charge is 0.493 e. The van der Waals surface area contributed by atoms with Crippen LogP contribution in [0.15, 0.2) is 30.3 Å². The molecule has 0 aliphatic heterocycles. The number of hydrogen-bond donors (Lipinski definition) is 1. The fraction of sp³-hybridized carbons (Fsp3) is 0.300. The van der Waals surface area contributed by atoms with Crippen LogP contribution in [0.4, 0.5) is 18.9 Å². The second-order valence-electron chi connectivity index (χ2n) is 6.11. The van der Waals surface area contributed by atoms with E-state index >= 15 is 0 Å². The average Bonchev–Trinajstić information content (AvgIpc) is 2.72. The predicted octanol–water partition coefficient (Wildman–Crippen LogP) is 4.57. The SMILES string of the molecule is COc1ccc(C(=O)O[C@@H](C)C(=O)Nc2cc(C(F)(F)F)ccc2Cl)c(OC)c1OC. The van der Waals surface area contributed by atoms with Crippen LogP contribution in [0.1, 0.15) is 22.8 Å². The molecule has 31 heavy (non-hydrogen) atoms. The zero-order valence-corrected chi connectivity index (χ0v) is 17.7. The van der Waals surface area contributed by atoms with Crippen molar-refractivity contribution in [1.82, 2.24) is 0 Å². The number of rotatable bonds is 7. The summed E-state index contributed by atoms with van der Waals surface area (Å²) in [5, 5.41) is 2.11. The molecule has 1 amide bonds. The van der Waals surface area contributed by atoms with Gasteiger partial charge in [0.25, 0.3) is 5.91 Å². The van der Waals surface area contributed by atoms with Crippen molar-refractivity contribution in [2.75, 3.05) is 26.6 Å². The second kappa shape index (κ2) is 9.78. The summed E-state index contributed by atoms with van der Waals surface area (Å²) in [5.74, 6) is -1.32. The molecule has 0 heterocycles. The lowest BCUT2D eigenvalue weighted by molar-refractivity contribution is -0.137. The van der Waals surface area contributed by atoms with Gasteiger partial charge in [-0.05, 0) is 37.3 Å². The van der Waals surface area contributed by atoms with E-state index in [2.05, 4.69) is 5.32 Å². The maximum Gasteiger partial charge on any atom is 0.416 e. The van der Waals surface area contributed by atoms with Crippen molar-refractivity contribution >= 4 is 29.2 Å². The number of halogens is 4. The van der Waals surface area contributed by atoms with E-state index in [1.54, 1.807) is 0 Å². The highest BCUT2D eigenvalue weighted by molar-refractivity contribution is 6.33. The molecule has 11 heteroatoms. The number of amides is 1. The Labute approximate surface area is 181 Å². The third-order valence-electron chi connectivity index (χ3n) is 4.13. The van der Waals surface area contributed by atoms with Gasteiger partial charge < -0.3 is 24.3 Å². The highest BCUT2D eigenvalue weighted by Crippen LogP contribution is 2.40. The number of hydrogen-bond acceptors (Lipinski definition) is 6. The Bertz CT molecular complexity index is 980. The Balaban J connectivity index is 2.20. The molecule has 7 nitrogen and oxygen atoms in total. The first-order chi connectivity index (χ1) is 14.5. The van der Waals surface area contributed by atoms with Crippen LogP contribution >= 0.6 is 11.6 Å². The lowest BCUT2D eigenvalue weighted by Gasteiger charge is -2.18. The van der Waals surface area contributed by atoms with Crippen molar-refractivity contribution in [2.45, 2.75) is 19.2 Å². The van der Waals surface area contributed by atoms with E-state index in [4.69, 9.17) is 30.5 Å². The molecule has 0 radical (unpaired) electrons. The number of benzene rings is 2. The average molecular weight is 462 g/mol. The van der Waals surface area contributed by atoms with E-state index in [9.17, 15) is 22.8 Å². The molecule has 0 bridgehead atoms. The Kier molecular flexibility index (Phi) is 7.61. The molecule has 1 atom stereocenters. The monoisotopic (exact) mass is 461 g/mol. The minimum absolute atomic E-state index is 0.0281. The Morgan fingerprint density at radius 3 is 2.19 bits per heavy atom. The van der Waals surface area contributed by atoms with E-state index in [-0.39, 0.29) is 27.8 Å². The van der Waals surface area contributed by atoms with E-state index in [1.807, 2.05) is 0 Å². The summed E-state index contributed by atoms with van der Waals surface area (Å²) < 4.78 is 59.3. The van der Waals surface area contributed by atoms with Crippen molar-refractivity contribution < 1.29 is 41.7 Å². The molecular formula is C20H19ClF3NO6. The third kappa shape index (κ3) is 5.52. The van der Waals surface area contributed by atoms with Crippen LogP contribution in [0.5, 0.6) is 17.2 Å². The summed E-state index contributed by atoms with van der Waals surface area (Å²) in [5.41, 5.74) is -1.31. The summed E-state index contributed by atoms with van der Waals surface area (Å²) in [6.45, 7) is 1.25. The van der Waals surface area contributed by atoms with Gasteiger partial charge in [-0.1, -0.05) is 11.6 Å². The normalized spacial score (nSPS) is 12.0. The van der Waals surface area contributed by atoms with Crippen LogP contribution in [0.2, 0.25) is 5.02 Å². The number of ether oxygens (including phenoxy) is 4. The molecule has 168 valence electrons. The Morgan fingerprint density at radius 2 is 1.65 bits per heavy atom. The molecule has 0 unspecified atom stereocenters. The molecule has 2 aromatic rings. The fourth-order valence-corrected chi connectivity index (χ4v) is 2.74. The first-order valence-corrected chi connectivity index (χ1v) is 9.08. The lowest BCUT2D eigenvalue weighted by Crippen LogP contribution is -2.30. The quantitative estimate of drug-likeness (QED) is 0.608. The summed E-state index contributed by atoms with van der Waals surface area (Å²) in [6.07, 6.45) is -5.98. The van der Waals surface area contributed by atoms with Gasteiger partial charge in [0.15, 0.2) is 17.6 Å². The van der Waals surface area contributed by atoms with E-state index in [0.717, 1.165) is 12.1 Å². The number of methoxy groups -OCH3 is 3. The van der Waals surface area contributed by atoms with Gasteiger partial charge in [-0.2, -0.15) is 13.2 Å². The molecular weight excluding hydrogens is 443 g/mol. The Hall–Kier alpha value is -3.14. The van der Waals surface area contributed by atoms with E-state index < -0.39 is 29.7 Å². The molecule has 2 rings (SSSR count). The maximum absolute atomic E-state index is 12.9. The number of carbonyl (C=O) groups is 2. The van der Waals surface area contributed by atoms with Crippen molar-refractivity contribution in [3.8, 4) is 17.2 Å². The molecule has 0 fully saturated rings. The highest BCUT2D eigenvalue weighted by atomic mass is 35.5. The van der Waals surface area contributed by atoms with Gasteiger partial charge >= 0.3 is 12.1 Å². The van der Waals surface area contributed by atoms with Gasteiger partial charge in [0.05, 0.1) is 37.6 Å². The minimum atomic E-state index is -4.62. The number of alkyl halides is 3. The number of nitrogens with one attached hydrogen (secondary N) is 1. The third-order valence-corrected chi connectivity index (χ3v) is 4.46. The van der Waals surface area contributed by atoms with Gasteiger partial charge in [0.2, 0.25) is 5.75 Å². The summed E-state index contributed by atoms with van der Waals surface area (Å²) in [6, 6.07) is 5.28. The molecule has 0 saturated carbocycles. The predicted molar refractivity (Wildman–Crippen MR) is 106 cm³/mol. The second-order valence-corrected chi connectivity index (χ2v) is 6.52. The first kappa shape index (κ1) is 24.1. The van der Waals surface area contributed by atoms with Gasteiger partial charge in [-0.3, -0.25) is 4.79 Å². The highest BCUT2D eigenvalue weighted by Gasteiger charge is 2.31. The molecule has 0 aliphatic carbocycles. The molecule has 0 aromatic heterocycles. The van der Waals surface area contributed by atoms with E-state index in [1.165, 1.54) is 40.4 Å². The van der Waals surface area contributed by atoms with Crippen molar-refractivity contribution in [3.63, 3.8) is 0 Å². The molecule has 0 saturated heterocycles. The zero-order chi connectivity index (χ0) is 23.3. The van der Waals surface area contributed by atoms with Crippen LogP contribution in [0, 0.1) is 0 Å². The van der Waals surface area contributed by atoms with Crippen molar-refractivity contribution in [3.05, 3.63) is 46.5 Å². The lowest BCUT2D eigenvalue weighted by atomic mass is 10.1.